The van der Waals surface area contributed by atoms with Crippen LogP contribution in [0.15, 0.2) is 12.1 Å². The van der Waals surface area contributed by atoms with Crippen molar-refractivity contribution in [3.8, 4) is 5.75 Å². The summed E-state index contributed by atoms with van der Waals surface area (Å²) in [6.45, 7) is 5.96. The molecule has 0 radical (unpaired) electrons. The zero-order chi connectivity index (χ0) is 18.1. The monoisotopic (exact) mass is 343 g/mol. The second kappa shape index (κ2) is 6.98. The molecule has 1 aliphatic heterocycles. The first-order valence-corrected chi connectivity index (χ1v) is 9.02. The van der Waals surface area contributed by atoms with E-state index in [9.17, 15) is 14.4 Å². The van der Waals surface area contributed by atoms with Gasteiger partial charge in [-0.25, -0.2) is 0 Å². The number of nitrogens with zero attached hydrogens (tertiary/aromatic N) is 1. The second-order valence-corrected chi connectivity index (χ2v) is 7.25. The molecule has 2 fully saturated rings. The van der Waals surface area contributed by atoms with E-state index < -0.39 is 5.97 Å². The van der Waals surface area contributed by atoms with Crippen molar-refractivity contribution in [2.45, 2.75) is 52.9 Å². The highest BCUT2D eigenvalue weighted by Crippen LogP contribution is 2.38. The molecule has 1 aromatic rings. The van der Waals surface area contributed by atoms with Gasteiger partial charge < -0.3 is 4.74 Å². The molecule has 0 N–H and O–H groups in total. The lowest BCUT2D eigenvalue weighted by Crippen LogP contribution is -2.33. The summed E-state index contributed by atoms with van der Waals surface area (Å²) in [4.78, 5) is 38.3. The van der Waals surface area contributed by atoms with Crippen molar-refractivity contribution in [3.05, 3.63) is 28.8 Å². The summed E-state index contributed by atoms with van der Waals surface area (Å²) < 4.78 is 5.47. The Hall–Kier alpha value is -2.17. The van der Waals surface area contributed by atoms with Crippen LogP contribution in [0.2, 0.25) is 0 Å². The number of hydrogen-bond donors (Lipinski definition) is 0. The maximum absolute atomic E-state index is 12.4. The molecule has 3 rings (SSSR count). The van der Waals surface area contributed by atoms with Crippen molar-refractivity contribution >= 4 is 17.8 Å². The third-order valence-corrected chi connectivity index (χ3v) is 5.46. The van der Waals surface area contributed by atoms with E-state index in [1.165, 1.54) is 4.90 Å². The number of carbonyl (C=O) groups excluding carboxylic acids is 3. The molecule has 2 aliphatic rings. The summed E-state index contributed by atoms with van der Waals surface area (Å²) in [6, 6.07) is 3.87. The number of ether oxygens (including phenoxy) is 1. The van der Waals surface area contributed by atoms with Crippen LogP contribution in [-0.2, 0) is 14.4 Å². The number of fused-ring (bicyclic) bond motifs is 1. The largest absolute Gasteiger partial charge is 0.426 e. The van der Waals surface area contributed by atoms with Crippen LogP contribution < -0.4 is 4.74 Å². The fourth-order valence-electron chi connectivity index (χ4n) is 3.93. The molecule has 25 heavy (non-hydrogen) atoms. The van der Waals surface area contributed by atoms with Crippen molar-refractivity contribution < 1.29 is 19.1 Å². The minimum atomic E-state index is -0.413. The molecule has 5 heteroatoms. The first kappa shape index (κ1) is 17.6. The minimum Gasteiger partial charge on any atom is -0.426 e. The van der Waals surface area contributed by atoms with Gasteiger partial charge in [-0.2, -0.15) is 0 Å². The van der Waals surface area contributed by atoms with Crippen LogP contribution in [0.25, 0.3) is 0 Å². The van der Waals surface area contributed by atoms with Gasteiger partial charge in [0, 0.05) is 6.54 Å². The van der Waals surface area contributed by atoms with E-state index in [2.05, 4.69) is 0 Å². The van der Waals surface area contributed by atoms with Crippen LogP contribution in [0.1, 0.15) is 48.8 Å². The molecular formula is C20H25NO4. The Balaban J connectivity index is 1.61. The minimum absolute atomic E-state index is 0.0311. The molecule has 1 aliphatic carbocycles. The highest BCUT2D eigenvalue weighted by Gasteiger charge is 2.47. The average Bonchev–Trinajstić information content (AvgIpc) is 2.82. The van der Waals surface area contributed by atoms with E-state index in [4.69, 9.17) is 4.74 Å². The molecular weight excluding hydrogens is 318 g/mol. The molecule has 1 saturated carbocycles. The summed E-state index contributed by atoms with van der Waals surface area (Å²) in [5.41, 5.74) is 3.02. The molecule has 2 amide bonds. The Kier molecular flexibility index (Phi) is 4.93. The standard InChI is InChI=1S/C20H25NO4/c1-12-10-13(2)14(3)17(11-12)25-18(22)8-9-21-19(23)15-6-4-5-7-16(15)20(21)24/h10-11,15-16H,4-9H2,1-3H3/t15-,16-/m0/s1. The van der Waals surface area contributed by atoms with Crippen molar-refractivity contribution in [1.29, 1.82) is 0 Å². The van der Waals surface area contributed by atoms with Crippen LogP contribution in [0.3, 0.4) is 0 Å². The number of rotatable bonds is 4. The molecule has 134 valence electrons. The topological polar surface area (TPSA) is 63.7 Å². The maximum atomic E-state index is 12.4. The number of hydrogen-bond acceptors (Lipinski definition) is 4. The highest BCUT2D eigenvalue weighted by atomic mass is 16.5. The zero-order valence-corrected chi connectivity index (χ0v) is 15.1. The van der Waals surface area contributed by atoms with Crippen LogP contribution in [-0.4, -0.2) is 29.2 Å². The van der Waals surface area contributed by atoms with Gasteiger partial charge in [-0.15, -0.1) is 0 Å². The Morgan fingerprint density at radius 1 is 1.08 bits per heavy atom. The van der Waals surface area contributed by atoms with Gasteiger partial charge in [-0.1, -0.05) is 18.9 Å². The summed E-state index contributed by atoms with van der Waals surface area (Å²) >= 11 is 0. The molecule has 0 spiro atoms. The number of esters is 1. The first-order chi connectivity index (χ1) is 11.9. The van der Waals surface area contributed by atoms with Gasteiger partial charge in [0.15, 0.2) is 0 Å². The lowest BCUT2D eigenvalue weighted by molar-refractivity contribution is -0.141. The Morgan fingerprint density at radius 2 is 1.68 bits per heavy atom. The van der Waals surface area contributed by atoms with Crippen LogP contribution in [0.5, 0.6) is 5.75 Å². The van der Waals surface area contributed by atoms with E-state index in [0.29, 0.717) is 5.75 Å². The third kappa shape index (κ3) is 3.46. The molecule has 5 nitrogen and oxygen atoms in total. The number of aryl methyl sites for hydroxylation is 2. The summed E-state index contributed by atoms with van der Waals surface area (Å²) in [6.07, 6.45) is 3.61. The van der Waals surface area contributed by atoms with Gasteiger partial charge in [0.25, 0.3) is 0 Å². The van der Waals surface area contributed by atoms with Crippen LogP contribution in [0.4, 0.5) is 0 Å². The molecule has 0 aromatic heterocycles. The highest BCUT2D eigenvalue weighted by molar-refractivity contribution is 6.05. The predicted molar refractivity (Wildman–Crippen MR) is 93.1 cm³/mol. The van der Waals surface area contributed by atoms with E-state index >= 15 is 0 Å². The molecule has 1 heterocycles. The quantitative estimate of drug-likeness (QED) is 0.479. The van der Waals surface area contributed by atoms with Gasteiger partial charge >= 0.3 is 5.97 Å². The van der Waals surface area contributed by atoms with Gasteiger partial charge in [0.1, 0.15) is 5.75 Å². The number of benzene rings is 1. The van der Waals surface area contributed by atoms with Crippen LogP contribution >= 0.6 is 0 Å². The van der Waals surface area contributed by atoms with Gasteiger partial charge in [0.05, 0.1) is 18.3 Å². The third-order valence-electron chi connectivity index (χ3n) is 5.46. The van der Waals surface area contributed by atoms with E-state index in [-0.39, 0.29) is 36.6 Å². The number of amides is 2. The number of likely N-dealkylation sites (tertiary alicyclic amines) is 1. The predicted octanol–water partition coefficient (Wildman–Crippen LogP) is 3.08. The zero-order valence-electron chi connectivity index (χ0n) is 15.1. The van der Waals surface area contributed by atoms with E-state index in [1.807, 2.05) is 32.9 Å². The van der Waals surface area contributed by atoms with Crippen molar-refractivity contribution in [2.24, 2.45) is 11.8 Å². The van der Waals surface area contributed by atoms with Crippen molar-refractivity contribution in [3.63, 3.8) is 0 Å². The summed E-state index contributed by atoms with van der Waals surface area (Å²) in [7, 11) is 0. The number of carbonyl (C=O) groups is 3. The lowest BCUT2D eigenvalue weighted by Gasteiger charge is -2.19. The van der Waals surface area contributed by atoms with E-state index in [0.717, 1.165) is 42.4 Å². The molecule has 0 unspecified atom stereocenters. The van der Waals surface area contributed by atoms with Crippen molar-refractivity contribution in [1.82, 2.24) is 4.90 Å². The fourth-order valence-corrected chi connectivity index (χ4v) is 3.93. The molecule has 1 aromatic carbocycles. The van der Waals surface area contributed by atoms with Gasteiger partial charge in [-0.05, 0) is 56.4 Å². The van der Waals surface area contributed by atoms with Gasteiger partial charge in [-0.3, -0.25) is 19.3 Å². The normalized spacial score (nSPS) is 22.9. The smallest absolute Gasteiger partial charge is 0.313 e. The van der Waals surface area contributed by atoms with Crippen molar-refractivity contribution in [2.75, 3.05) is 6.54 Å². The first-order valence-electron chi connectivity index (χ1n) is 9.02. The number of imide groups is 1. The lowest BCUT2D eigenvalue weighted by atomic mass is 9.81. The maximum Gasteiger partial charge on any atom is 0.313 e. The molecule has 0 bridgehead atoms. The Labute approximate surface area is 148 Å². The van der Waals surface area contributed by atoms with Gasteiger partial charge in [0.2, 0.25) is 11.8 Å². The summed E-state index contributed by atoms with van der Waals surface area (Å²) in [5, 5.41) is 0. The SMILES string of the molecule is Cc1cc(C)c(C)c(OC(=O)CCN2C(=O)[C@H]3CCCC[C@@H]3C2=O)c1. The Bertz CT molecular complexity index is 701. The fraction of sp³-hybridized carbons (Fsp3) is 0.550. The van der Waals surface area contributed by atoms with E-state index in [1.54, 1.807) is 0 Å². The van der Waals surface area contributed by atoms with Crippen LogP contribution in [0, 0.1) is 32.6 Å². The molecule has 2 atom stereocenters. The summed E-state index contributed by atoms with van der Waals surface area (Å²) in [5.74, 6) is -0.410. The second-order valence-electron chi connectivity index (χ2n) is 7.25. The average molecular weight is 343 g/mol. The molecule has 1 saturated heterocycles. The Morgan fingerprint density at radius 3 is 2.28 bits per heavy atom.